The zero-order valence-electron chi connectivity index (χ0n) is 11.9. The lowest BCUT2D eigenvalue weighted by Gasteiger charge is -2.18. The number of rotatable bonds is 6. The van der Waals surface area contributed by atoms with Crippen LogP contribution in [0.2, 0.25) is 10.6 Å². The second-order valence-electron chi connectivity index (χ2n) is 5.83. The van der Waals surface area contributed by atoms with E-state index < -0.39 is 20.1 Å². The second-order valence-corrected chi connectivity index (χ2v) is 8.86. The van der Waals surface area contributed by atoms with E-state index >= 15 is 0 Å². The maximum Gasteiger partial charge on any atom is 0.308 e. The van der Waals surface area contributed by atoms with Gasteiger partial charge in [0.05, 0.1) is 5.69 Å². The van der Waals surface area contributed by atoms with Gasteiger partial charge in [-0.25, -0.2) is 4.98 Å². The minimum absolute atomic E-state index is 0.407. The van der Waals surface area contributed by atoms with E-state index in [2.05, 4.69) is 39.3 Å². The van der Waals surface area contributed by atoms with Crippen LogP contribution >= 0.6 is 0 Å². The summed E-state index contributed by atoms with van der Waals surface area (Å²) in [4.78, 5) is 3.98. The van der Waals surface area contributed by atoms with Gasteiger partial charge in [0.15, 0.2) is 0 Å². The predicted octanol–water partition coefficient (Wildman–Crippen LogP) is 4.58. The van der Waals surface area contributed by atoms with Gasteiger partial charge in [0.1, 0.15) is 0 Å². The fourth-order valence-corrected chi connectivity index (χ4v) is 5.93. The zero-order chi connectivity index (χ0) is 13.7. The van der Waals surface area contributed by atoms with Crippen molar-refractivity contribution >= 4 is 18.6 Å². The van der Waals surface area contributed by atoms with Crippen molar-refractivity contribution in [2.45, 2.75) is 38.3 Å². The fraction of sp³-hybridized carbons (Fsp3) is 0.533. The standard InChI is InChI=1S/C7H5FN.2C4H9.Al/c1-2-6-4-3-5-7(8)9-6;2*1-4(2)3;/h3-5H,1H2;2*4H,1H2,2-3H3;. The largest absolute Gasteiger partial charge is 0.308 e. The normalized spacial score (nSPS) is 11.1. The van der Waals surface area contributed by atoms with E-state index in [0.717, 1.165) is 10.1 Å². The van der Waals surface area contributed by atoms with Gasteiger partial charge in [-0.3, -0.25) is 0 Å². The molecule has 1 heterocycles. The molecule has 3 heteroatoms. The molecule has 0 saturated heterocycles. The molecule has 0 bridgehead atoms. The molecule has 1 nitrogen and oxygen atoms in total. The average molecular weight is 263 g/mol. The molecule has 0 N–H and O–H groups in total. The summed E-state index contributed by atoms with van der Waals surface area (Å²) in [5.41, 5.74) is 0.757. The van der Waals surface area contributed by atoms with E-state index in [4.69, 9.17) is 0 Å². The smallest absolute Gasteiger partial charge is 0.222 e. The molecule has 0 unspecified atom stereocenters. The first-order valence-corrected chi connectivity index (χ1v) is 8.93. The van der Waals surface area contributed by atoms with E-state index in [0.29, 0.717) is 11.8 Å². The summed E-state index contributed by atoms with van der Waals surface area (Å²) < 4.78 is 14.3. The minimum Gasteiger partial charge on any atom is -0.222 e. The molecular formula is C15H23AlFN. The minimum atomic E-state index is -1.11. The summed E-state index contributed by atoms with van der Waals surface area (Å²) in [5, 5.41) is 2.43. The molecule has 0 amide bonds. The molecule has 0 aliphatic carbocycles. The average Bonchev–Trinajstić information content (AvgIpc) is 2.26. The highest BCUT2D eigenvalue weighted by Gasteiger charge is 2.25. The molecule has 0 aromatic carbocycles. The van der Waals surface area contributed by atoms with Crippen molar-refractivity contribution in [3.63, 3.8) is 0 Å². The third-order valence-corrected chi connectivity index (χ3v) is 7.35. The van der Waals surface area contributed by atoms with Gasteiger partial charge in [-0.05, 0) is 12.1 Å². The maximum atomic E-state index is 13.2. The van der Waals surface area contributed by atoms with Gasteiger partial charge in [0, 0.05) is 0 Å². The van der Waals surface area contributed by atoms with Gasteiger partial charge < -0.3 is 0 Å². The highest BCUT2D eigenvalue weighted by Crippen LogP contribution is 2.25. The molecule has 1 aromatic heterocycles. The summed E-state index contributed by atoms with van der Waals surface area (Å²) in [7, 11) is 0. The molecule has 0 aliphatic heterocycles. The van der Waals surface area contributed by atoms with Gasteiger partial charge in [0.2, 0.25) is 5.95 Å². The Bertz CT molecular complexity index is 391. The molecule has 0 saturated carbocycles. The fourth-order valence-electron chi connectivity index (χ4n) is 2.32. The Balaban J connectivity index is 2.87. The van der Waals surface area contributed by atoms with Crippen LogP contribution in [0.3, 0.4) is 0 Å². The molecule has 0 radical (unpaired) electrons. The SMILES string of the molecule is C=[C](c1cccc(F)n1)[Al]([CH2]C(C)C)[CH2]C(C)C. The van der Waals surface area contributed by atoms with Crippen LogP contribution in [0, 0.1) is 17.8 Å². The highest BCUT2D eigenvalue weighted by molar-refractivity contribution is 6.78. The molecule has 98 valence electrons. The molecule has 0 aliphatic rings. The number of hydrogen-bond donors (Lipinski definition) is 0. The maximum absolute atomic E-state index is 13.2. The lowest BCUT2D eigenvalue weighted by molar-refractivity contribution is 0.582. The summed E-state index contributed by atoms with van der Waals surface area (Å²) in [5.74, 6) is 0.937. The van der Waals surface area contributed by atoms with Crippen LogP contribution in [0.25, 0.3) is 4.44 Å². The van der Waals surface area contributed by atoms with Crippen molar-refractivity contribution in [2.75, 3.05) is 0 Å². The van der Waals surface area contributed by atoms with Gasteiger partial charge in [-0.2, -0.15) is 4.39 Å². The van der Waals surface area contributed by atoms with Crippen LogP contribution in [-0.4, -0.2) is 19.1 Å². The van der Waals surface area contributed by atoms with Crippen LogP contribution in [-0.2, 0) is 0 Å². The number of pyridine rings is 1. The second kappa shape index (κ2) is 7.07. The number of hydrogen-bond acceptors (Lipinski definition) is 1. The zero-order valence-corrected chi connectivity index (χ0v) is 13.1. The predicted molar refractivity (Wildman–Crippen MR) is 78.3 cm³/mol. The Kier molecular flexibility index (Phi) is 6.05. The molecule has 18 heavy (non-hydrogen) atoms. The summed E-state index contributed by atoms with van der Waals surface area (Å²) in [6.45, 7) is 13.2. The van der Waals surface area contributed by atoms with Crippen molar-refractivity contribution in [3.05, 3.63) is 36.4 Å². The Morgan fingerprint density at radius 3 is 2.22 bits per heavy atom. The van der Waals surface area contributed by atoms with Crippen LogP contribution in [0.4, 0.5) is 4.39 Å². The van der Waals surface area contributed by atoms with E-state index in [1.807, 2.05) is 6.07 Å². The molecule has 0 spiro atoms. The first-order chi connectivity index (χ1) is 8.40. The number of nitrogens with zero attached hydrogens (tertiary/aromatic N) is 1. The summed E-state index contributed by atoms with van der Waals surface area (Å²) in [6.07, 6.45) is 0. The van der Waals surface area contributed by atoms with Gasteiger partial charge in [0.25, 0.3) is 0 Å². The Morgan fingerprint density at radius 1 is 1.22 bits per heavy atom. The van der Waals surface area contributed by atoms with E-state index in [9.17, 15) is 4.39 Å². The molecule has 0 atom stereocenters. The van der Waals surface area contributed by atoms with Crippen LogP contribution < -0.4 is 0 Å². The number of halogens is 1. The van der Waals surface area contributed by atoms with Crippen molar-refractivity contribution < 1.29 is 4.39 Å². The third-order valence-electron chi connectivity index (χ3n) is 3.05. The first-order valence-electron chi connectivity index (χ1n) is 6.71. The lowest BCUT2D eigenvalue weighted by atomic mass is 10.3. The quantitative estimate of drug-likeness (QED) is 0.540. The van der Waals surface area contributed by atoms with Crippen LogP contribution in [0.5, 0.6) is 0 Å². The first kappa shape index (κ1) is 15.4. The highest BCUT2D eigenvalue weighted by atomic mass is 27.2. The molecule has 1 aromatic rings. The van der Waals surface area contributed by atoms with Gasteiger partial charge in [-0.1, -0.05) is 60.6 Å². The van der Waals surface area contributed by atoms with Crippen LogP contribution in [0.1, 0.15) is 33.4 Å². The van der Waals surface area contributed by atoms with E-state index in [1.54, 1.807) is 6.07 Å². The number of aromatic nitrogens is 1. The molecular weight excluding hydrogens is 240 g/mol. The Hall–Kier alpha value is -0.648. The van der Waals surface area contributed by atoms with Gasteiger partial charge in [-0.15, -0.1) is 6.58 Å². The van der Waals surface area contributed by atoms with E-state index in [1.165, 1.54) is 16.6 Å². The van der Waals surface area contributed by atoms with Gasteiger partial charge >= 0.3 is 14.1 Å². The topological polar surface area (TPSA) is 12.9 Å². The Labute approximate surface area is 115 Å². The summed E-state index contributed by atoms with van der Waals surface area (Å²) in [6, 6.07) is 4.99. The summed E-state index contributed by atoms with van der Waals surface area (Å²) >= 11 is -1.11. The third kappa shape index (κ3) is 4.92. The van der Waals surface area contributed by atoms with Crippen molar-refractivity contribution in [2.24, 2.45) is 11.8 Å². The lowest BCUT2D eigenvalue weighted by Crippen LogP contribution is -2.20. The Morgan fingerprint density at radius 2 is 1.78 bits per heavy atom. The van der Waals surface area contributed by atoms with Crippen molar-refractivity contribution in [3.8, 4) is 0 Å². The van der Waals surface area contributed by atoms with Crippen LogP contribution in [0.15, 0.2) is 24.8 Å². The van der Waals surface area contributed by atoms with E-state index in [-0.39, 0.29) is 0 Å². The molecule has 0 fully saturated rings. The monoisotopic (exact) mass is 263 g/mol. The van der Waals surface area contributed by atoms with Crippen molar-refractivity contribution in [1.29, 1.82) is 0 Å². The molecule has 1 rings (SSSR count). The van der Waals surface area contributed by atoms with Crippen molar-refractivity contribution in [1.82, 2.24) is 4.98 Å².